The van der Waals surface area contributed by atoms with Crippen molar-refractivity contribution in [2.24, 2.45) is 0 Å². The molecule has 92 valence electrons. The Hall–Kier alpha value is -0.990. The molecule has 3 heteroatoms. The van der Waals surface area contributed by atoms with E-state index >= 15 is 0 Å². The van der Waals surface area contributed by atoms with E-state index in [0.717, 1.165) is 31.2 Å². The van der Waals surface area contributed by atoms with Gasteiger partial charge in [0.1, 0.15) is 0 Å². The van der Waals surface area contributed by atoms with Gasteiger partial charge < -0.3 is 9.88 Å². The van der Waals surface area contributed by atoms with Crippen molar-refractivity contribution in [2.45, 2.75) is 59.4 Å². The van der Waals surface area contributed by atoms with Gasteiger partial charge in [0, 0.05) is 19.3 Å². The molecule has 1 heterocycles. The van der Waals surface area contributed by atoms with E-state index in [1.165, 1.54) is 25.7 Å². The molecule has 0 saturated heterocycles. The van der Waals surface area contributed by atoms with Gasteiger partial charge in [-0.2, -0.15) is 0 Å². The molecule has 0 radical (unpaired) electrons. The van der Waals surface area contributed by atoms with Gasteiger partial charge in [-0.15, -0.1) is 0 Å². The molecule has 0 fully saturated rings. The summed E-state index contributed by atoms with van der Waals surface area (Å²) in [6.07, 6.45) is 8.47. The molecule has 0 amide bonds. The van der Waals surface area contributed by atoms with E-state index in [1.807, 2.05) is 0 Å². The fourth-order valence-corrected chi connectivity index (χ4v) is 1.85. The maximum atomic E-state index is 4.50. The summed E-state index contributed by atoms with van der Waals surface area (Å²) in [5, 5.41) is 3.43. The Balaban J connectivity index is 2.34. The van der Waals surface area contributed by atoms with E-state index in [1.54, 1.807) is 0 Å². The predicted molar refractivity (Wildman–Crippen MR) is 69.9 cm³/mol. The van der Waals surface area contributed by atoms with Gasteiger partial charge in [0.15, 0.2) is 0 Å². The number of hydrogen-bond acceptors (Lipinski definition) is 2. The summed E-state index contributed by atoms with van der Waals surface area (Å²) in [4.78, 5) is 4.50. The van der Waals surface area contributed by atoms with E-state index in [-0.39, 0.29) is 0 Å². The Morgan fingerprint density at radius 1 is 1.19 bits per heavy atom. The van der Waals surface area contributed by atoms with Crippen LogP contribution in [0.4, 0.5) is 5.95 Å². The third-order valence-electron chi connectivity index (χ3n) is 2.67. The van der Waals surface area contributed by atoms with Crippen LogP contribution in [0.3, 0.4) is 0 Å². The lowest BCUT2D eigenvalue weighted by molar-refractivity contribution is 0.663. The smallest absolute Gasteiger partial charge is 0.203 e. The molecule has 1 rings (SSSR count). The Kier molecular flexibility index (Phi) is 5.98. The molecule has 0 aromatic carbocycles. The molecule has 0 bridgehead atoms. The Morgan fingerprint density at radius 3 is 2.69 bits per heavy atom. The van der Waals surface area contributed by atoms with Crippen molar-refractivity contribution < 1.29 is 0 Å². The van der Waals surface area contributed by atoms with Crippen LogP contribution in [-0.4, -0.2) is 16.1 Å². The lowest BCUT2D eigenvalue weighted by atomic mass is 10.2. The van der Waals surface area contributed by atoms with Crippen LogP contribution in [0, 0.1) is 6.92 Å². The molecule has 0 atom stereocenters. The minimum absolute atomic E-state index is 1.04. The van der Waals surface area contributed by atoms with E-state index in [0.29, 0.717) is 0 Å². The molecule has 0 unspecified atom stereocenters. The van der Waals surface area contributed by atoms with Crippen molar-refractivity contribution >= 4 is 5.95 Å². The number of unbranched alkanes of at least 4 members (excludes halogenated alkanes) is 3. The van der Waals surface area contributed by atoms with Crippen LogP contribution in [0.2, 0.25) is 0 Å². The summed E-state index contributed by atoms with van der Waals surface area (Å²) in [5.41, 5.74) is 1.10. The van der Waals surface area contributed by atoms with Crippen molar-refractivity contribution in [1.29, 1.82) is 0 Å². The molecule has 0 aliphatic rings. The molecular formula is C13H25N3. The van der Waals surface area contributed by atoms with Gasteiger partial charge in [0.2, 0.25) is 5.95 Å². The van der Waals surface area contributed by atoms with E-state index in [2.05, 4.69) is 41.8 Å². The van der Waals surface area contributed by atoms with Crippen LogP contribution in [0.25, 0.3) is 0 Å². The molecule has 1 N–H and O–H groups in total. The highest BCUT2D eigenvalue weighted by molar-refractivity contribution is 5.28. The number of anilines is 1. The third kappa shape index (κ3) is 4.25. The van der Waals surface area contributed by atoms with Gasteiger partial charge >= 0.3 is 0 Å². The first-order valence-corrected chi connectivity index (χ1v) is 6.55. The van der Waals surface area contributed by atoms with Gasteiger partial charge in [-0.25, -0.2) is 4.98 Å². The zero-order valence-electron chi connectivity index (χ0n) is 10.9. The van der Waals surface area contributed by atoms with Crippen LogP contribution >= 0.6 is 0 Å². The normalized spacial score (nSPS) is 10.7. The van der Waals surface area contributed by atoms with Gasteiger partial charge in [-0.05, 0) is 19.8 Å². The Morgan fingerprint density at radius 2 is 2.00 bits per heavy atom. The molecule has 3 nitrogen and oxygen atoms in total. The summed E-state index contributed by atoms with van der Waals surface area (Å²) in [5.74, 6) is 1.04. The van der Waals surface area contributed by atoms with Crippen LogP contribution in [0.1, 0.15) is 51.6 Å². The topological polar surface area (TPSA) is 29.9 Å². The molecule has 16 heavy (non-hydrogen) atoms. The fourth-order valence-electron chi connectivity index (χ4n) is 1.85. The maximum absolute atomic E-state index is 4.50. The first-order chi connectivity index (χ1) is 7.77. The first kappa shape index (κ1) is 13.1. The number of aromatic nitrogens is 2. The second kappa shape index (κ2) is 7.31. The minimum atomic E-state index is 1.04. The number of rotatable bonds is 8. The highest BCUT2D eigenvalue weighted by Gasteiger charge is 2.03. The van der Waals surface area contributed by atoms with Crippen LogP contribution in [0.15, 0.2) is 6.20 Å². The zero-order valence-corrected chi connectivity index (χ0v) is 10.9. The highest BCUT2D eigenvalue weighted by atomic mass is 15.2. The molecule has 1 aromatic heterocycles. The molecule has 0 saturated carbocycles. The van der Waals surface area contributed by atoms with Gasteiger partial charge in [-0.3, -0.25) is 0 Å². The minimum Gasteiger partial charge on any atom is -0.356 e. The maximum Gasteiger partial charge on any atom is 0.203 e. The first-order valence-electron chi connectivity index (χ1n) is 6.55. The summed E-state index contributed by atoms with van der Waals surface area (Å²) >= 11 is 0. The van der Waals surface area contributed by atoms with Crippen molar-refractivity contribution in [3.05, 3.63) is 11.9 Å². The van der Waals surface area contributed by atoms with Gasteiger partial charge in [0.25, 0.3) is 0 Å². The number of imidazole rings is 1. The number of nitrogens with zero attached hydrogens (tertiary/aromatic N) is 2. The lowest BCUT2D eigenvalue weighted by Crippen LogP contribution is -2.08. The molecule has 0 aliphatic carbocycles. The quantitative estimate of drug-likeness (QED) is 0.682. The highest BCUT2D eigenvalue weighted by Crippen LogP contribution is 2.09. The third-order valence-corrected chi connectivity index (χ3v) is 2.67. The second-order valence-electron chi connectivity index (χ2n) is 4.39. The molecule has 0 aliphatic heterocycles. The number of nitrogens with one attached hydrogen (secondary N) is 1. The second-order valence-corrected chi connectivity index (χ2v) is 4.39. The Bertz CT molecular complexity index is 291. The van der Waals surface area contributed by atoms with Crippen LogP contribution in [-0.2, 0) is 6.54 Å². The van der Waals surface area contributed by atoms with Crippen molar-refractivity contribution in [2.75, 3.05) is 11.9 Å². The summed E-state index contributed by atoms with van der Waals surface area (Å²) < 4.78 is 2.22. The standard InChI is InChI=1S/C13H25N3/c1-4-6-7-8-9-14-13-15-12(3)11-16(13)10-5-2/h11H,4-10H2,1-3H3,(H,14,15). The molecular weight excluding hydrogens is 198 g/mol. The van der Waals surface area contributed by atoms with E-state index < -0.39 is 0 Å². The molecule has 0 spiro atoms. The van der Waals surface area contributed by atoms with Gasteiger partial charge in [-0.1, -0.05) is 33.1 Å². The number of hydrogen-bond donors (Lipinski definition) is 1. The Labute approximate surface area is 99.3 Å². The summed E-state index contributed by atoms with van der Waals surface area (Å²) in [6.45, 7) is 8.58. The predicted octanol–water partition coefficient (Wildman–Crippen LogP) is 3.59. The summed E-state index contributed by atoms with van der Waals surface area (Å²) in [6, 6.07) is 0. The summed E-state index contributed by atoms with van der Waals surface area (Å²) in [7, 11) is 0. The zero-order chi connectivity index (χ0) is 11.8. The van der Waals surface area contributed by atoms with Crippen molar-refractivity contribution in [3.8, 4) is 0 Å². The SMILES string of the molecule is CCCCCCNc1nc(C)cn1CCC. The fraction of sp³-hybridized carbons (Fsp3) is 0.769. The largest absolute Gasteiger partial charge is 0.356 e. The van der Waals surface area contributed by atoms with Crippen molar-refractivity contribution in [1.82, 2.24) is 9.55 Å². The average molecular weight is 223 g/mol. The monoisotopic (exact) mass is 223 g/mol. The van der Waals surface area contributed by atoms with E-state index in [9.17, 15) is 0 Å². The van der Waals surface area contributed by atoms with Crippen LogP contribution in [0.5, 0.6) is 0 Å². The van der Waals surface area contributed by atoms with E-state index in [4.69, 9.17) is 0 Å². The van der Waals surface area contributed by atoms with Crippen LogP contribution < -0.4 is 5.32 Å². The van der Waals surface area contributed by atoms with Gasteiger partial charge in [0.05, 0.1) is 5.69 Å². The van der Waals surface area contributed by atoms with Crippen molar-refractivity contribution in [3.63, 3.8) is 0 Å². The average Bonchev–Trinajstić information content (AvgIpc) is 2.59. The number of aryl methyl sites for hydroxylation is 2. The molecule has 1 aromatic rings. The lowest BCUT2D eigenvalue weighted by Gasteiger charge is -2.08.